The SMILES string of the molecule is Cc1nc(C=Cc2nc(C)c3ccccc3n2)nc2ccccc12. The fourth-order valence-corrected chi connectivity index (χ4v) is 2.81. The maximum absolute atomic E-state index is 4.58. The largest absolute Gasteiger partial charge is 0.233 e. The predicted molar refractivity (Wildman–Crippen MR) is 97.5 cm³/mol. The Morgan fingerprint density at radius 3 is 1.46 bits per heavy atom. The first-order valence-corrected chi connectivity index (χ1v) is 7.85. The molecular formula is C20H16N4. The first-order valence-electron chi connectivity index (χ1n) is 7.85. The van der Waals surface area contributed by atoms with Gasteiger partial charge in [0.05, 0.1) is 11.0 Å². The van der Waals surface area contributed by atoms with Gasteiger partial charge in [0.25, 0.3) is 0 Å². The maximum Gasteiger partial charge on any atom is 0.152 e. The molecule has 0 bridgehead atoms. The smallest absolute Gasteiger partial charge is 0.152 e. The third-order valence-electron chi connectivity index (χ3n) is 4.00. The quantitative estimate of drug-likeness (QED) is 0.552. The van der Waals surface area contributed by atoms with E-state index in [0.717, 1.165) is 33.2 Å². The topological polar surface area (TPSA) is 51.6 Å². The fourth-order valence-electron chi connectivity index (χ4n) is 2.81. The molecule has 0 unspecified atom stereocenters. The minimum absolute atomic E-state index is 0.667. The van der Waals surface area contributed by atoms with Crippen molar-refractivity contribution in [2.75, 3.05) is 0 Å². The van der Waals surface area contributed by atoms with E-state index in [1.165, 1.54) is 0 Å². The van der Waals surface area contributed by atoms with Crippen LogP contribution in [0.3, 0.4) is 0 Å². The number of nitrogens with zero attached hydrogens (tertiary/aromatic N) is 4. The second-order valence-electron chi connectivity index (χ2n) is 5.70. The highest BCUT2D eigenvalue weighted by Crippen LogP contribution is 2.17. The molecule has 116 valence electrons. The third kappa shape index (κ3) is 2.63. The van der Waals surface area contributed by atoms with Gasteiger partial charge in [-0.15, -0.1) is 0 Å². The van der Waals surface area contributed by atoms with Crippen molar-refractivity contribution in [2.45, 2.75) is 13.8 Å². The first kappa shape index (κ1) is 14.5. The van der Waals surface area contributed by atoms with Crippen LogP contribution in [0.15, 0.2) is 48.5 Å². The zero-order chi connectivity index (χ0) is 16.5. The van der Waals surface area contributed by atoms with Crippen LogP contribution in [0.5, 0.6) is 0 Å². The molecule has 24 heavy (non-hydrogen) atoms. The predicted octanol–water partition coefficient (Wildman–Crippen LogP) is 4.36. The molecule has 4 aromatic rings. The average Bonchev–Trinajstić information content (AvgIpc) is 2.60. The van der Waals surface area contributed by atoms with E-state index in [1.807, 2.05) is 74.5 Å². The van der Waals surface area contributed by atoms with Gasteiger partial charge in [0.2, 0.25) is 0 Å². The number of aromatic nitrogens is 4. The van der Waals surface area contributed by atoms with Crippen molar-refractivity contribution in [3.8, 4) is 0 Å². The van der Waals surface area contributed by atoms with E-state index >= 15 is 0 Å². The average molecular weight is 312 g/mol. The molecule has 0 spiro atoms. The van der Waals surface area contributed by atoms with Gasteiger partial charge in [-0.3, -0.25) is 0 Å². The zero-order valence-electron chi connectivity index (χ0n) is 13.6. The number of aryl methyl sites for hydroxylation is 2. The van der Waals surface area contributed by atoms with Gasteiger partial charge in [-0.1, -0.05) is 36.4 Å². The van der Waals surface area contributed by atoms with Crippen LogP contribution in [0.1, 0.15) is 23.0 Å². The molecule has 0 saturated heterocycles. The van der Waals surface area contributed by atoms with E-state index < -0.39 is 0 Å². The maximum atomic E-state index is 4.58. The van der Waals surface area contributed by atoms with Crippen LogP contribution in [0.4, 0.5) is 0 Å². The van der Waals surface area contributed by atoms with Gasteiger partial charge in [0.15, 0.2) is 11.6 Å². The Labute approximate surface area is 140 Å². The van der Waals surface area contributed by atoms with Gasteiger partial charge >= 0.3 is 0 Å². The molecule has 0 fully saturated rings. The van der Waals surface area contributed by atoms with E-state index in [-0.39, 0.29) is 0 Å². The first-order chi connectivity index (χ1) is 11.7. The van der Waals surface area contributed by atoms with Crippen molar-refractivity contribution in [2.24, 2.45) is 0 Å². The number of hydrogen-bond donors (Lipinski definition) is 0. The molecular weight excluding hydrogens is 296 g/mol. The van der Waals surface area contributed by atoms with Crippen LogP contribution in [-0.4, -0.2) is 19.9 Å². The summed E-state index contributed by atoms with van der Waals surface area (Å²) in [6.07, 6.45) is 3.73. The van der Waals surface area contributed by atoms with E-state index in [1.54, 1.807) is 0 Å². The fraction of sp³-hybridized carbons (Fsp3) is 0.100. The Morgan fingerprint density at radius 1 is 0.583 bits per heavy atom. The van der Waals surface area contributed by atoms with Crippen LogP contribution < -0.4 is 0 Å². The Morgan fingerprint density at radius 2 is 1.00 bits per heavy atom. The van der Waals surface area contributed by atoms with Gasteiger partial charge in [-0.05, 0) is 38.1 Å². The molecule has 4 heteroatoms. The van der Waals surface area contributed by atoms with Crippen LogP contribution in [-0.2, 0) is 0 Å². The second kappa shape index (κ2) is 5.81. The second-order valence-corrected chi connectivity index (χ2v) is 5.70. The summed E-state index contributed by atoms with van der Waals surface area (Å²) >= 11 is 0. The molecule has 0 radical (unpaired) electrons. The molecule has 2 aromatic carbocycles. The number of fused-ring (bicyclic) bond motifs is 2. The Kier molecular flexibility index (Phi) is 3.50. The number of hydrogen-bond acceptors (Lipinski definition) is 4. The highest BCUT2D eigenvalue weighted by atomic mass is 14.9. The van der Waals surface area contributed by atoms with Crippen LogP contribution >= 0.6 is 0 Å². The number of para-hydroxylation sites is 2. The van der Waals surface area contributed by atoms with Gasteiger partial charge in [-0.2, -0.15) is 0 Å². The Bertz CT molecular complexity index is 996. The van der Waals surface area contributed by atoms with Gasteiger partial charge in [-0.25, -0.2) is 19.9 Å². The molecule has 0 aliphatic carbocycles. The minimum atomic E-state index is 0.667. The molecule has 0 amide bonds. The van der Waals surface area contributed by atoms with Crippen molar-refractivity contribution in [3.63, 3.8) is 0 Å². The number of rotatable bonds is 2. The summed E-state index contributed by atoms with van der Waals surface area (Å²) in [5.41, 5.74) is 3.83. The Hall–Kier alpha value is -3.14. The zero-order valence-corrected chi connectivity index (χ0v) is 13.6. The molecule has 4 rings (SSSR count). The normalized spacial score (nSPS) is 11.6. The van der Waals surface area contributed by atoms with Crippen LogP contribution in [0, 0.1) is 13.8 Å². The summed E-state index contributed by atoms with van der Waals surface area (Å²) in [6, 6.07) is 16.0. The van der Waals surface area contributed by atoms with E-state index in [9.17, 15) is 0 Å². The van der Waals surface area contributed by atoms with Gasteiger partial charge < -0.3 is 0 Å². The summed E-state index contributed by atoms with van der Waals surface area (Å²) < 4.78 is 0. The summed E-state index contributed by atoms with van der Waals surface area (Å²) in [7, 11) is 0. The molecule has 0 N–H and O–H groups in total. The standard InChI is InChI=1S/C20H16N4/c1-13-15-7-3-5-9-17(15)23-19(21-13)11-12-20-22-14(2)16-8-4-6-10-18(16)24-20/h3-12H,1-2H3. The van der Waals surface area contributed by atoms with Gasteiger partial charge in [0, 0.05) is 22.2 Å². The van der Waals surface area contributed by atoms with Crippen LogP contribution in [0.2, 0.25) is 0 Å². The molecule has 0 aliphatic rings. The molecule has 0 aliphatic heterocycles. The van der Waals surface area contributed by atoms with Crippen molar-refractivity contribution >= 4 is 34.0 Å². The van der Waals surface area contributed by atoms with Crippen molar-refractivity contribution in [1.29, 1.82) is 0 Å². The molecule has 0 saturated carbocycles. The molecule has 2 heterocycles. The summed E-state index contributed by atoms with van der Waals surface area (Å²) in [5.74, 6) is 1.33. The van der Waals surface area contributed by atoms with Crippen LogP contribution in [0.25, 0.3) is 34.0 Å². The lowest BCUT2D eigenvalue weighted by Crippen LogP contribution is -1.95. The Balaban J connectivity index is 1.75. The summed E-state index contributed by atoms with van der Waals surface area (Å²) in [6.45, 7) is 4.00. The highest BCUT2D eigenvalue weighted by Gasteiger charge is 2.03. The molecule has 4 nitrogen and oxygen atoms in total. The lowest BCUT2D eigenvalue weighted by Gasteiger charge is -2.03. The van der Waals surface area contributed by atoms with Crippen molar-refractivity contribution in [3.05, 3.63) is 71.6 Å². The number of benzene rings is 2. The molecule has 2 aromatic heterocycles. The molecule has 0 atom stereocenters. The van der Waals surface area contributed by atoms with Crippen molar-refractivity contribution < 1.29 is 0 Å². The summed E-state index contributed by atoms with van der Waals surface area (Å²) in [5, 5.41) is 2.15. The minimum Gasteiger partial charge on any atom is -0.233 e. The highest BCUT2D eigenvalue weighted by molar-refractivity contribution is 5.83. The monoisotopic (exact) mass is 312 g/mol. The summed E-state index contributed by atoms with van der Waals surface area (Å²) in [4.78, 5) is 18.3. The lowest BCUT2D eigenvalue weighted by molar-refractivity contribution is 1.11. The lowest BCUT2D eigenvalue weighted by atomic mass is 10.2. The van der Waals surface area contributed by atoms with Gasteiger partial charge in [0.1, 0.15) is 0 Å². The van der Waals surface area contributed by atoms with E-state index in [2.05, 4.69) is 19.9 Å². The van der Waals surface area contributed by atoms with E-state index in [0.29, 0.717) is 11.6 Å². The third-order valence-corrected chi connectivity index (χ3v) is 4.00. The van der Waals surface area contributed by atoms with Crippen molar-refractivity contribution in [1.82, 2.24) is 19.9 Å². The van der Waals surface area contributed by atoms with E-state index in [4.69, 9.17) is 0 Å².